The van der Waals surface area contributed by atoms with Crippen molar-refractivity contribution in [1.82, 2.24) is 0 Å². The van der Waals surface area contributed by atoms with Crippen LogP contribution in [0, 0.1) is 0 Å². The van der Waals surface area contributed by atoms with Crippen LogP contribution in [0.5, 0.6) is 0 Å². The quantitative estimate of drug-likeness (QED) is 0.819. The highest BCUT2D eigenvalue weighted by atomic mass is 32.1. The molecule has 1 aromatic rings. The molecule has 1 saturated heterocycles. The van der Waals surface area contributed by atoms with Crippen molar-refractivity contribution in [2.24, 2.45) is 0 Å². The highest BCUT2D eigenvalue weighted by molar-refractivity contribution is 7.14. The summed E-state index contributed by atoms with van der Waals surface area (Å²) in [7, 11) is 0. The maximum Gasteiger partial charge on any atom is 0.341 e. The summed E-state index contributed by atoms with van der Waals surface area (Å²) in [6.45, 7) is 2.27. The molecule has 5 nitrogen and oxygen atoms in total. The molecule has 0 bridgehead atoms. The van der Waals surface area contributed by atoms with Crippen molar-refractivity contribution >= 4 is 28.2 Å². The van der Waals surface area contributed by atoms with Gasteiger partial charge < -0.3 is 14.7 Å². The minimum absolute atomic E-state index is 0.111. The molecule has 1 aromatic heterocycles. The number of aliphatic hydroxyl groups excluding tert-OH is 1. The number of rotatable bonds is 3. The molecule has 1 amide bonds. The number of esters is 1. The lowest BCUT2D eigenvalue weighted by Gasteiger charge is -2.15. The molecule has 17 heavy (non-hydrogen) atoms. The van der Waals surface area contributed by atoms with Gasteiger partial charge in [-0.05, 0) is 18.4 Å². The fourth-order valence-corrected chi connectivity index (χ4v) is 2.67. The van der Waals surface area contributed by atoms with Gasteiger partial charge in [-0.1, -0.05) is 0 Å². The molecule has 2 rings (SSSR count). The zero-order chi connectivity index (χ0) is 12.4. The van der Waals surface area contributed by atoms with E-state index in [-0.39, 0.29) is 18.9 Å². The van der Waals surface area contributed by atoms with Crippen LogP contribution in [0.1, 0.15) is 23.7 Å². The summed E-state index contributed by atoms with van der Waals surface area (Å²) in [5.41, 5.74) is 0.388. The van der Waals surface area contributed by atoms with Crippen molar-refractivity contribution in [3.05, 3.63) is 17.0 Å². The lowest BCUT2D eigenvalue weighted by atomic mass is 10.3. The van der Waals surface area contributed by atoms with Crippen molar-refractivity contribution < 1.29 is 19.4 Å². The van der Waals surface area contributed by atoms with Crippen LogP contribution < -0.4 is 4.90 Å². The number of amides is 1. The van der Waals surface area contributed by atoms with E-state index in [1.807, 2.05) is 0 Å². The van der Waals surface area contributed by atoms with Crippen molar-refractivity contribution in [3.63, 3.8) is 0 Å². The maximum absolute atomic E-state index is 11.7. The van der Waals surface area contributed by atoms with Crippen molar-refractivity contribution in [2.75, 3.05) is 18.1 Å². The van der Waals surface area contributed by atoms with Gasteiger partial charge in [0, 0.05) is 0 Å². The standard InChI is InChI=1S/C11H13NO4S/c1-2-16-11(15)8-3-4-17-10(8)12-6-7(13)5-9(12)14/h3-4,7,13H,2,5-6H2,1H3. The average molecular weight is 255 g/mol. The van der Waals surface area contributed by atoms with E-state index in [2.05, 4.69) is 0 Å². The van der Waals surface area contributed by atoms with Crippen LogP contribution in [-0.2, 0) is 9.53 Å². The Morgan fingerprint density at radius 1 is 1.71 bits per heavy atom. The fraction of sp³-hybridized carbons (Fsp3) is 0.455. The van der Waals surface area contributed by atoms with Gasteiger partial charge in [-0.15, -0.1) is 11.3 Å². The van der Waals surface area contributed by atoms with Crippen LogP contribution in [-0.4, -0.2) is 36.2 Å². The molecule has 1 aliphatic heterocycles. The first-order valence-electron chi connectivity index (χ1n) is 5.36. The van der Waals surface area contributed by atoms with Gasteiger partial charge in [-0.3, -0.25) is 4.79 Å². The number of thiophene rings is 1. The zero-order valence-electron chi connectivity index (χ0n) is 9.38. The molecule has 1 aliphatic rings. The summed E-state index contributed by atoms with van der Waals surface area (Å²) in [5.74, 6) is -0.594. The Balaban J connectivity index is 2.25. The minimum atomic E-state index is -0.653. The van der Waals surface area contributed by atoms with E-state index in [1.54, 1.807) is 18.4 Å². The Morgan fingerprint density at radius 3 is 3.06 bits per heavy atom. The third kappa shape index (κ3) is 2.32. The molecule has 0 saturated carbocycles. The lowest BCUT2D eigenvalue weighted by molar-refractivity contribution is -0.117. The molecule has 6 heteroatoms. The molecule has 92 valence electrons. The minimum Gasteiger partial charge on any atom is -0.462 e. The summed E-state index contributed by atoms with van der Waals surface area (Å²) < 4.78 is 4.92. The second-order valence-corrected chi connectivity index (χ2v) is 4.62. The number of aliphatic hydroxyl groups is 1. The number of hydrogen-bond donors (Lipinski definition) is 1. The average Bonchev–Trinajstić information content (AvgIpc) is 2.84. The van der Waals surface area contributed by atoms with E-state index in [4.69, 9.17) is 4.74 Å². The van der Waals surface area contributed by atoms with Crippen LogP contribution in [0.25, 0.3) is 0 Å². The molecule has 1 N–H and O–H groups in total. The molecule has 2 heterocycles. The maximum atomic E-state index is 11.7. The number of hydrogen-bond acceptors (Lipinski definition) is 5. The number of carbonyl (C=O) groups is 2. The van der Waals surface area contributed by atoms with Gasteiger partial charge >= 0.3 is 5.97 Å². The van der Waals surface area contributed by atoms with E-state index >= 15 is 0 Å². The molecule has 0 radical (unpaired) electrons. The first kappa shape index (κ1) is 12.1. The van der Waals surface area contributed by atoms with Crippen molar-refractivity contribution in [1.29, 1.82) is 0 Å². The summed E-state index contributed by atoms with van der Waals surface area (Å²) in [6.07, 6.45) is -0.542. The number of nitrogens with zero attached hydrogens (tertiary/aromatic N) is 1. The van der Waals surface area contributed by atoms with E-state index in [0.717, 1.165) is 0 Å². The van der Waals surface area contributed by atoms with E-state index < -0.39 is 12.1 Å². The molecule has 1 atom stereocenters. The van der Waals surface area contributed by atoms with Gasteiger partial charge in [0.15, 0.2) is 0 Å². The normalized spacial score (nSPS) is 19.8. The Morgan fingerprint density at radius 2 is 2.47 bits per heavy atom. The predicted octanol–water partition coefficient (Wildman–Crippen LogP) is 1.02. The molecule has 1 fully saturated rings. The van der Waals surface area contributed by atoms with Crippen LogP contribution >= 0.6 is 11.3 Å². The van der Waals surface area contributed by atoms with E-state index in [0.29, 0.717) is 17.2 Å². The Bertz CT molecular complexity index is 442. The van der Waals surface area contributed by atoms with Crippen molar-refractivity contribution in [2.45, 2.75) is 19.4 Å². The van der Waals surface area contributed by atoms with Gasteiger partial charge in [0.25, 0.3) is 0 Å². The van der Waals surface area contributed by atoms with Crippen LogP contribution in [0.15, 0.2) is 11.4 Å². The summed E-state index contributed by atoms with van der Waals surface area (Å²) in [4.78, 5) is 24.7. The Kier molecular flexibility index (Phi) is 3.44. The largest absolute Gasteiger partial charge is 0.462 e. The first-order valence-corrected chi connectivity index (χ1v) is 6.24. The molecular weight excluding hydrogens is 242 g/mol. The topological polar surface area (TPSA) is 66.8 Å². The van der Waals surface area contributed by atoms with Gasteiger partial charge in [0.1, 0.15) is 5.00 Å². The van der Waals surface area contributed by atoms with Crippen molar-refractivity contribution in [3.8, 4) is 0 Å². The van der Waals surface area contributed by atoms with Gasteiger partial charge in [-0.2, -0.15) is 0 Å². The van der Waals surface area contributed by atoms with E-state index in [9.17, 15) is 14.7 Å². The number of anilines is 1. The highest BCUT2D eigenvalue weighted by Crippen LogP contribution is 2.31. The van der Waals surface area contributed by atoms with Gasteiger partial charge in [-0.25, -0.2) is 4.79 Å². The molecule has 0 spiro atoms. The summed E-state index contributed by atoms with van der Waals surface area (Å²) >= 11 is 1.30. The first-order chi connectivity index (χ1) is 8.13. The molecule has 0 aliphatic carbocycles. The third-order valence-corrected chi connectivity index (χ3v) is 3.43. The Labute approximate surface area is 103 Å². The lowest BCUT2D eigenvalue weighted by Crippen LogP contribution is -2.26. The third-order valence-electron chi connectivity index (χ3n) is 2.49. The summed E-state index contributed by atoms with van der Waals surface area (Å²) in [5, 5.41) is 11.7. The number of β-amino-alcohol motifs (C(OH)–C–C–N with tert-alkyl or cyclic N) is 1. The zero-order valence-corrected chi connectivity index (χ0v) is 10.2. The molecule has 1 unspecified atom stereocenters. The van der Waals surface area contributed by atoms with Crippen LogP contribution in [0.2, 0.25) is 0 Å². The van der Waals surface area contributed by atoms with Crippen LogP contribution in [0.4, 0.5) is 5.00 Å². The second kappa shape index (κ2) is 4.85. The predicted molar refractivity (Wildman–Crippen MR) is 63.3 cm³/mol. The molecule has 0 aromatic carbocycles. The van der Waals surface area contributed by atoms with Gasteiger partial charge in [0.05, 0.1) is 31.2 Å². The number of carbonyl (C=O) groups excluding carboxylic acids is 2. The second-order valence-electron chi connectivity index (χ2n) is 3.72. The highest BCUT2D eigenvalue weighted by Gasteiger charge is 2.32. The summed E-state index contributed by atoms with van der Waals surface area (Å²) in [6, 6.07) is 1.63. The SMILES string of the molecule is CCOC(=O)c1ccsc1N1CC(O)CC1=O. The molecular formula is C11H13NO4S. The van der Waals surface area contributed by atoms with Gasteiger partial charge in [0.2, 0.25) is 5.91 Å². The fourth-order valence-electron chi connectivity index (χ4n) is 1.76. The Hall–Kier alpha value is -1.40. The monoisotopic (exact) mass is 255 g/mol. The van der Waals surface area contributed by atoms with Crippen LogP contribution in [0.3, 0.4) is 0 Å². The number of ether oxygens (including phenoxy) is 1. The van der Waals surface area contributed by atoms with E-state index in [1.165, 1.54) is 16.2 Å². The smallest absolute Gasteiger partial charge is 0.341 e.